The number of benzene rings is 1. The zero-order valence-electron chi connectivity index (χ0n) is 19.2. The fourth-order valence-corrected chi connectivity index (χ4v) is 5.66. The van der Waals surface area contributed by atoms with Crippen LogP contribution >= 0.6 is 0 Å². The Bertz CT molecular complexity index is 831. The van der Waals surface area contributed by atoms with E-state index in [4.69, 9.17) is 0 Å². The van der Waals surface area contributed by atoms with Crippen molar-refractivity contribution in [3.63, 3.8) is 0 Å². The summed E-state index contributed by atoms with van der Waals surface area (Å²) in [5.41, 5.74) is 2.84. The molecule has 4 rings (SSSR count). The van der Waals surface area contributed by atoms with Gasteiger partial charge in [0.2, 0.25) is 11.8 Å². The molecule has 2 heterocycles. The van der Waals surface area contributed by atoms with Crippen molar-refractivity contribution < 1.29 is 14.7 Å². The Hall–Kier alpha value is -2.08. The minimum Gasteiger partial charge on any atom is -0.393 e. The number of piperidine rings is 1. The van der Waals surface area contributed by atoms with Crippen molar-refractivity contribution in [1.82, 2.24) is 4.90 Å². The number of carbonyl (C=O) groups is 2. The van der Waals surface area contributed by atoms with Crippen LogP contribution in [-0.2, 0) is 9.59 Å². The Morgan fingerprint density at radius 1 is 1.16 bits per heavy atom. The first-order valence-electron chi connectivity index (χ1n) is 11.9. The molecule has 1 atom stereocenters. The Labute approximate surface area is 186 Å². The molecule has 1 aromatic rings. The Kier molecular flexibility index (Phi) is 6.29. The second-order valence-corrected chi connectivity index (χ2v) is 10.2. The maximum Gasteiger partial charge on any atom is 0.230 e. The highest BCUT2D eigenvalue weighted by atomic mass is 16.3. The predicted molar refractivity (Wildman–Crippen MR) is 123 cm³/mol. The van der Waals surface area contributed by atoms with E-state index < -0.39 is 0 Å². The summed E-state index contributed by atoms with van der Waals surface area (Å²) in [4.78, 5) is 30.1. The van der Waals surface area contributed by atoms with Crippen LogP contribution in [0, 0.1) is 18.3 Å². The first kappa shape index (κ1) is 22.1. The molecule has 1 spiro atoms. The summed E-state index contributed by atoms with van der Waals surface area (Å²) >= 11 is 0. The van der Waals surface area contributed by atoms with Crippen molar-refractivity contribution in [1.29, 1.82) is 0 Å². The van der Waals surface area contributed by atoms with Crippen LogP contribution in [0.5, 0.6) is 0 Å². The molecule has 2 amide bonds. The van der Waals surface area contributed by atoms with Gasteiger partial charge in [0.25, 0.3) is 0 Å². The van der Waals surface area contributed by atoms with E-state index in [1.807, 2.05) is 26.0 Å². The zero-order chi connectivity index (χ0) is 22.2. The van der Waals surface area contributed by atoms with Crippen molar-refractivity contribution in [3.8, 4) is 0 Å². The molecule has 2 saturated heterocycles. The van der Waals surface area contributed by atoms with E-state index in [0.717, 1.165) is 81.5 Å². The van der Waals surface area contributed by atoms with Crippen LogP contribution in [0.1, 0.15) is 64.4 Å². The molecule has 0 aromatic heterocycles. The van der Waals surface area contributed by atoms with Crippen molar-refractivity contribution >= 4 is 23.2 Å². The van der Waals surface area contributed by atoms with Gasteiger partial charge in [0.15, 0.2) is 0 Å². The monoisotopic (exact) mass is 427 g/mol. The van der Waals surface area contributed by atoms with Gasteiger partial charge in [-0.3, -0.25) is 9.59 Å². The van der Waals surface area contributed by atoms with Crippen molar-refractivity contribution in [2.24, 2.45) is 11.3 Å². The summed E-state index contributed by atoms with van der Waals surface area (Å²) in [5.74, 6) is 0.304. The molecule has 1 aliphatic carbocycles. The number of aryl methyl sites for hydroxylation is 1. The van der Waals surface area contributed by atoms with Gasteiger partial charge < -0.3 is 20.2 Å². The lowest BCUT2D eigenvalue weighted by atomic mass is 9.78. The average Bonchev–Trinajstić information content (AvgIpc) is 3.04. The van der Waals surface area contributed by atoms with Crippen LogP contribution < -0.4 is 10.2 Å². The number of likely N-dealkylation sites (tertiary alicyclic amines) is 1. The van der Waals surface area contributed by atoms with Crippen molar-refractivity contribution in [2.75, 3.05) is 29.9 Å². The number of hydrogen-bond acceptors (Lipinski definition) is 4. The third-order valence-corrected chi connectivity index (χ3v) is 7.56. The van der Waals surface area contributed by atoms with Crippen LogP contribution in [0.4, 0.5) is 11.4 Å². The maximum atomic E-state index is 13.6. The van der Waals surface area contributed by atoms with Crippen LogP contribution in [0.15, 0.2) is 18.2 Å². The molecule has 31 heavy (non-hydrogen) atoms. The SMILES string of the molecule is Cc1cc(NC(=O)C(C)C)ccc1N1CCCC2(CCN(C3CCC(O)CC3)C2=O)C1. The molecule has 0 bridgehead atoms. The number of rotatable bonds is 4. The molecule has 6 heteroatoms. The molecule has 0 radical (unpaired) electrons. The Balaban J connectivity index is 1.46. The lowest BCUT2D eigenvalue weighted by Gasteiger charge is -2.42. The third-order valence-electron chi connectivity index (χ3n) is 7.56. The number of hydrogen-bond donors (Lipinski definition) is 2. The third kappa shape index (κ3) is 4.45. The maximum absolute atomic E-state index is 13.6. The summed E-state index contributed by atoms with van der Waals surface area (Å²) in [5, 5.41) is 12.8. The minimum atomic E-state index is -0.273. The first-order valence-corrected chi connectivity index (χ1v) is 11.9. The molecular weight excluding hydrogens is 390 g/mol. The van der Waals surface area contributed by atoms with Crippen LogP contribution in [0.2, 0.25) is 0 Å². The number of aliphatic hydroxyl groups excluding tert-OH is 1. The standard InChI is InChI=1S/C25H37N3O3/c1-17(2)23(30)26-19-5-10-22(18(3)15-19)27-13-4-11-25(16-27)12-14-28(24(25)31)20-6-8-21(29)9-7-20/h5,10,15,17,20-21,29H,4,6-9,11-14,16H2,1-3H3,(H,26,30). The zero-order valence-corrected chi connectivity index (χ0v) is 19.2. The summed E-state index contributed by atoms with van der Waals surface area (Å²) in [6.07, 6.45) is 6.21. The number of aliphatic hydroxyl groups is 1. The Morgan fingerprint density at radius 3 is 2.58 bits per heavy atom. The molecule has 3 fully saturated rings. The average molecular weight is 428 g/mol. The molecule has 3 aliphatic rings. The lowest BCUT2D eigenvalue weighted by Crippen LogP contribution is -2.50. The summed E-state index contributed by atoms with van der Waals surface area (Å²) in [7, 11) is 0. The normalized spacial score (nSPS) is 29.1. The summed E-state index contributed by atoms with van der Waals surface area (Å²) in [6.45, 7) is 8.45. The number of amides is 2. The van der Waals surface area contributed by atoms with Crippen LogP contribution in [-0.4, -0.2) is 53.6 Å². The lowest BCUT2D eigenvalue weighted by molar-refractivity contribution is -0.139. The second kappa shape index (κ2) is 8.81. The van der Waals surface area contributed by atoms with Crippen molar-refractivity contribution in [2.45, 2.75) is 77.9 Å². The quantitative estimate of drug-likeness (QED) is 0.768. The van der Waals surface area contributed by atoms with E-state index in [1.54, 1.807) is 0 Å². The van der Waals surface area contributed by atoms with Crippen LogP contribution in [0.25, 0.3) is 0 Å². The molecule has 2 aliphatic heterocycles. The number of nitrogens with zero attached hydrogens (tertiary/aromatic N) is 2. The molecule has 2 N–H and O–H groups in total. The van der Waals surface area contributed by atoms with E-state index in [-0.39, 0.29) is 23.3 Å². The number of carbonyl (C=O) groups excluding carboxylic acids is 2. The molecule has 1 unspecified atom stereocenters. The molecule has 1 saturated carbocycles. The van der Waals surface area contributed by atoms with Gasteiger partial charge in [0.1, 0.15) is 0 Å². The fraction of sp³-hybridized carbons (Fsp3) is 0.680. The van der Waals surface area contributed by atoms with Gasteiger partial charge in [-0.15, -0.1) is 0 Å². The van der Waals surface area contributed by atoms with Gasteiger partial charge >= 0.3 is 0 Å². The van der Waals surface area contributed by atoms with Gasteiger partial charge in [-0.25, -0.2) is 0 Å². The van der Waals surface area contributed by atoms with E-state index in [0.29, 0.717) is 11.9 Å². The highest BCUT2D eigenvalue weighted by molar-refractivity contribution is 5.92. The highest BCUT2D eigenvalue weighted by Crippen LogP contribution is 2.44. The van der Waals surface area contributed by atoms with Crippen LogP contribution in [0.3, 0.4) is 0 Å². The summed E-state index contributed by atoms with van der Waals surface area (Å²) in [6, 6.07) is 6.40. The summed E-state index contributed by atoms with van der Waals surface area (Å²) < 4.78 is 0. The molecule has 170 valence electrons. The molecule has 6 nitrogen and oxygen atoms in total. The van der Waals surface area contributed by atoms with E-state index in [1.165, 1.54) is 0 Å². The topological polar surface area (TPSA) is 72.9 Å². The molecular formula is C25H37N3O3. The Morgan fingerprint density at radius 2 is 1.90 bits per heavy atom. The largest absolute Gasteiger partial charge is 0.393 e. The van der Waals surface area contributed by atoms with Gasteiger partial charge in [-0.1, -0.05) is 13.8 Å². The number of nitrogens with one attached hydrogen (secondary N) is 1. The van der Waals surface area contributed by atoms with E-state index >= 15 is 0 Å². The number of anilines is 2. The van der Waals surface area contributed by atoms with Crippen molar-refractivity contribution in [3.05, 3.63) is 23.8 Å². The smallest absolute Gasteiger partial charge is 0.230 e. The minimum absolute atomic E-state index is 0.0240. The predicted octanol–water partition coefficient (Wildman–Crippen LogP) is 3.71. The molecule has 1 aromatic carbocycles. The fourth-order valence-electron chi connectivity index (χ4n) is 5.66. The van der Waals surface area contributed by atoms with Gasteiger partial charge in [0, 0.05) is 43.0 Å². The van der Waals surface area contributed by atoms with Gasteiger partial charge in [-0.2, -0.15) is 0 Å². The first-order chi connectivity index (χ1) is 14.8. The highest BCUT2D eigenvalue weighted by Gasteiger charge is 2.50. The second-order valence-electron chi connectivity index (χ2n) is 10.2. The van der Waals surface area contributed by atoms with Gasteiger partial charge in [0.05, 0.1) is 11.5 Å². The van der Waals surface area contributed by atoms with E-state index in [9.17, 15) is 14.7 Å². The van der Waals surface area contributed by atoms with Gasteiger partial charge in [-0.05, 0) is 75.6 Å². The van der Waals surface area contributed by atoms with E-state index in [2.05, 4.69) is 28.1 Å².